The van der Waals surface area contributed by atoms with Gasteiger partial charge in [-0.2, -0.15) is 0 Å². The first-order valence-corrected chi connectivity index (χ1v) is 21.4. The van der Waals surface area contributed by atoms with Gasteiger partial charge in [-0.3, -0.25) is 14.6 Å². The molecule has 2 aliphatic heterocycles. The Bertz CT molecular complexity index is 1690. The maximum atomic E-state index is 15.5. The number of hydrogen-bond donors (Lipinski definition) is 1. The number of hydrogen-bond acceptors (Lipinski definition) is 5. The summed E-state index contributed by atoms with van der Waals surface area (Å²) < 4.78 is 26.8. The Hall–Kier alpha value is -2.95. The van der Waals surface area contributed by atoms with Gasteiger partial charge < -0.3 is 14.8 Å². The molecule has 264 valence electrons. The van der Waals surface area contributed by atoms with Crippen LogP contribution in [0.5, 0.6) is 0 Å². The van der Waals surface area contributed by atoms with Crippen molar-refractivity contribution in [2.24, 2.45) is 0 Å². The van der Waals surface area contributed by atoms with Crippen LogP contribution >= 0.6 is 23.2 Å². The van der Waals surface area contributed by atoms with Crippen molar-refractivity contribution >= 4 is 49.0 Å². The van der Waals surface area contributed by atoms with Crippen molar-refractivity contribution in [3.63, 3.8) is 0 Å². The van der Waals surface area contributed by atoms with Crippen LogP contribution in [-0.2, 0) is 19.7 Å². The number of anilines is 1. The minimum absolute atomic E-state index is 0.0652. The fourth-order valence-electron chi connectivity index (χ4n) is 7.31. The molecule has 1 spiro atoms. The third-order valence-corrected chi connectivity index (χ3v) is 11.6. The molecule has 0 bridgehead atoms. The molecule has 11 heteroatoms. The molecule has 1 saturated heterocycles. The van der Waals surface area contributed by atoms with Crippen molar-refractivity contribution in [3.8, 4) is 0 Å². The van der Waals surface area contributed by atoms with E-state index in [1.807, 2.05) is 70.2 Å². The van der Waals surface area contributed by atoms with E-state index in [1.165, 1.54) is 6.07 Å². The number of likely N-dealkylation sites (tertiary alicyclic amines) is 1. The Morgan fingerprint density at radius 1 is 1.06 bits per heavy atom. The molecule has 0 aliphatic carbocycles. The summed E-state index contributed by atoms with van der Waals surface area (Å²) in [6.07, 6.45) is 0.0525. The number of fused-ring (bicyclic) bond motifs is 2. The lowest BCUT2D eigenvalue weighted by atomic mass is 9.58. The van der Waals surface area contributed by atoms with Crippen LogP contribution in [0.15, 0.2) is 60.7 Å². The lowest BCUT2D eigenvalue weighted by Crippen LogP contribution is -2.59. The minimum Gasteiger partial charge on any atom is -0.444 e. The highest BCUT2D eigenvalue weighted by Crippen LogP contribution is 2.61. The number of rotatable bonds is 10. The summed E-state index contributed by atoms with van der Waals surface area (Å²) in [6, 6.07) is 18.4. The van der Waals surface area contributed by atoms with Crippen LogP contribution in [0.4, 0.5) is 14.9 Å². The summed E-state index contributed by atoms with van der Waals surface area (Å²) in [5.74, 6) is -0.893. The second kappa shape index (κ2) is 14.7. The third kappa shape index (κ3) is 8.18. The van der Waals surface area contributed by atoms with Gasteiger partial charge in [-0.15, -0.1) is 0 Å². The molecule has 1 N–H and O–H groups in total. The summed E-state index contributed by atoms with van der Waals surface area (Å²) in [6.45, 7) is 16.2. The van der Waals surface area contributed by atoms with Crippen molar-refractivity contribution in [2.75, 3.05) is 37.9 Å². The average Bonchev–Trinajstić information content (AvgIpc) is 3.22. The van der Waals surface area contributed by atoms with Crippen LogP contribution < -0.4 is 10.2 Å². The highest BCUT2D eigenvalue weighted by molar-refractivity contribution is 6.76. The van der Waals surface area contributed by atoms with Crippen LogP contribution in [0, 0.1) is 12.7 Å². The van der Waals surface area contributed by atoms with Gasteiger partial charge >= 0.3 is 6.09 Å². The van der Waals surface area contributed by atoms with E-state index in [1.54, 1.807) is 17.0 Å². The molecule has 49 heavy (non-hydrogen) atoms. The Morgan fingerprint density at radius 2 is 1.80 bits per heavy atom. The fraction of sp³-hybridized carbons (Fsp3) is 0.474. The molecule has 0 aromatic heterocycles. The number of carbonyl (C=O) groups is 2. The highest BCUT2D eigenvalue weighted by Gasteiger charge is 2.63. The van der Waals surface area contributed by atoms with Gasteiger partial charge in [-0.25, -0.2) is 9.18 Å². The summed E-state index contributed by atoms with van der Waals surface area (Å²) in [7, 11) is -1.38. The first-order valence-electron chi connectivity index (χ1n) is 16.9. The Balaban J connectivity index is 1.67. The standard InChI is InChI=1S/C38H48Cl2FN3O4Si/c1-25-11-13-29(41)23-30(25)31-15-17-43(18-16-42-36(46)48-37(2,3)4)34(26-9-8-10-27(39)21-26)38(31)32-14-12-28(40)22-33(32)44(35(38)45)24-47-19-20-49(5,6)7/h8-14,21-23,31,34H,15-20,24H2,1-7H3,(H,42,46)/t31?,34-,38-/m0/s1. The molecular weight excluding hydrogens is 680 g/mol. The number of nitrogens with zero attached hydrogens (tertiary/aromatic N) is 2. The molecule has 3 atom stereocenters. The van der Waals surface area contributed by atoms with Gasteiger partial charge in [0.05, 0.1) is 11.7 Å². The van der Waals surface area contributed by atoms with E-state index in [-0.39, 0.29) is 25.0 Å². The van der Waals surface area contributed by atoms with E-state index in [0.29, 0.717) is 41.8 Å². The van der Waals surface area contributed by atoms with Crippen LogP contribution in [0.1, 0.15) is 61.4 Å². The predicted molar refractivity (Wildman–Crippen MR) is 198 cm³/mol. The number of ether oxygens (including phenoxy) is 2. The quantitative estimate of drug-likeness (QED) is 0.167. The molecule has 2 amide bonds. The maximum absolute atomic E-state index is 15.5. The lowest BCUT2D eigenvalue weighted by Gasteiger charge is -2.52. The minimum atomic E-state index is -1.38. The smallest absolute Gasteiger partial charge is 0.407 e. The summed E-state index contributed by atoms with van der Waals surface area (Å²) >= 11 is 13.3. The Kier molecular flexibility index (Phi) is 11.2. The van der Waals surface area contributed by atoms with Gasteiger partial charge in [0.25, 0.3) is 0 Å². The molecule has 1 unspecified atom stereocenters. The average molecular weight is 729 g/mol. The van der Waals surface area contributed by atoms with Crippen LogP contribution in [0.25, 0.3) is 0 Å². The van der Waals surface area contributed by atoms with Crippen LogP contribution in [-0.4, -0.2) is 63.5 Å². The number of benzene rings is 3. The van der Waals surface area contributed by atoms with Gasteiger partial charge in [-0.05, 0) is 105 Å². The van der Waals surface area contributed by atoms with Gasteiger partial charge in [-0.1, -0.05) is 67.1 Å². The number of piperidine rings is 1. The lowest BCUT2D eigenvalue weighted by molar-refractivity contribution is -0.130. The Labute approximate surface area is 301 Å². The number of nitrogens with one attached hydrogen (secondary N) is 1. The monoisotopic (exact) mass is 727 g/mol. The summed E-state index contributed by atoms with van der Waals surface area (Å²) in [5.41, 5.74) is 2.18. The molecular formula is C38H48Cl2FN3O4Si. The molecule has 3 aromatic carbocycles. The largest absolute Gasteiger partial charge is 0.444 e. The summed E-state index contributed by atoms with van der Waals surface area (Å²) in [5, 5.41) is 3.93. The molecule has 0 saturated carbocycles. The van der Waals surface area contributed by atoms with E-state index in [0.717, 1.165) is 28.3 Å². The highest BCUT2D eigenvalue weighted by atomic mass is 35.5. The van der Waals surface area contributed by atoms with Crippen molar-refractivity contribution in [3.05, 3.63) is 98.8 Å². The van der Waals surface area contributed by atoms with Crippen molar-refractivity contribution in [1.29, 1.82) is 0 Å². The van der Waals surface area contributed by atoms with Gasteiger partial charge in [0, 0.05) is 43.7 Å². The van der Waals surface area contributed by atoms with Gasteiger partial charge in [0.2, 0.25) is 5.91 Å². The first-order chi connectivity index (χ1) is 23.0. The number of halogens is 3. The van der Waals surface area contributed by atoms with Crippen molar-refractivity contribution in [1.82, 2.24) is 10.2 Å². The predicted octanol–water partition coefficient (Wildman–Crippen LogP) is 9.09. The topological polar surface area (TPSA) is 71.1 Å². The van der Waals surface area contributed by atoms with E-state index in [4.69, 9.17) is 32.7 Å². The first kappa shape index (κ1) is 37.3. The molecule has 0 radical (unpaired) electrons. The van der Waals surface area contributed by atoms with E-state index >= 15 is 9.18 Å². The number of amides is 2. The number of carbonyl (C=O) groups excluding carboxylic acids is 2. The normalized spacial score (nSPS) is 21.3. The second-order valence-electron chi connectivity index (χ2n) is 15.4. The van der Waals surface area contributed by atoms with E-state index < -0.39 is 37.1 Å². The molecule has 2 aliphatic rings. The second-order valence-corrected chi connectivity index (χ2v) is 21.9. The Morgan fingerprint density at radius 3 is 2.49 bits per heavy atom. The molecule has 1 fully saturated rings. The van der Waals surface area contributed by atoms with Crippen LogP contribution in [0.3, 0.4) is 0 Å². The van der Waals surface area contributed by atoms with Crippen LogP contribution in [0.2, 0.25) is 35.7 Å². The maximum Gasteiger partial charge on any atom is 0.407 e. The molecule has 5 rings (SSSR count). The molecule has 2 heterocycles. The zero-order valence-corrected chi connectivity index (χ0v) is 32.1. The molecule has 3 aromatic rings. The molecule has 7 nitrogen and oxygen atoms in total. The fourth-order valence-corrected chi connectivity index (χ4v) is 8.44. The summed E-state index contributed by atoms with van der Waals surface area (Å²) in [4.78, 5) is 32.1. The zero-order valence-electron chi connectivity index (χ0n) is 29.5. The SMILES string of the molecule is Cc1ccc(F)cc1C1CCN(CCNC(=O)OC(C)(C)C)[C@@H](c2cccc(Cl)c2)[C@]12C(=O)N(COCC[Si](C)(C)C)c1cc(Cl)ccc12. The number of aryl methyl sites for hydroxylation is 1. The zero-order chi connectivity index (χ0) is 35.7. The van der Waals surface area contributed by atoms with E-state index in [2.05, 4.69) is 29.9 Å². The third-order valence-electron chi connectivity index (χ3n) is 9.41. The number of alkyl carbamates (subject to hydrolysis) is 1. The van der Waals surface area contributed by atoms with Gasteiger partial charge in [0.1, 0.15) is 23.6 Å². The van der Waals surface area contributed by atoms with Crippen molar-refractivity contribution < 1.29 is 23.5 Å². The van der Waals surface area contributed by atoms with E-state index in [9.17, 15) is 4.79 Å². The van der Waals surface area contributed by atoms with Crippen molar-refractivity contribution in [2.45, 2.75) is 82.8 Å². The van der Waals surface area contributed by atoms with Gasteiger partial charge in [0.15, 0.2) is 0 Å².